The van der Waals surface area contributed by atoms with E-state index < -0.39 is 9.84 Å². The third-order valence-electron chi connectivity index (χ3n) is 3.90. The molecule has 1 aliphatic rings. The van der Waals surface area contributed by atoms with Crippen LogP contribution < -0.4 is 5.32 Å². The van der Waals surface area contributed by atoms with Crippen LogP contribution in [0.3, 0.4) is 0 Å². The smallest absolute Gasteiger partial charge is 0.267 e. The maximum absolute atomic E-state index is 12.1. The molecular weight excluding hydrogens is 288 g/mol. The minimum atomic E-state index is -2.89. The second-order valence-electron chi connectivity index (χ2n) is 5.75. The number of hydrogen-bond donors (Lipinski definition) is 2. The summed E-state index contributed by atoms with van der Waals surface area (Å²) in [7, 11) is -2.89. The number of rotatable bonds is 3. The van der Waals surface area contributed by atoms with Crippen molar-refractivity contribution in [3.8, 4) is 0 Å². The number of nitrogens with one attached hydrogen (secondary N) is 2. The van der Waals surface area contributed by atoms with Crippen molar-refractivity contribution in [3.05, 3.63) is 35.5 Å². The zero-order chi connectivity index (χ0) is 15.0. The molecule has 0 aliphatic carbocycles. The number of fused-ring (bicyclic) bond motifs is 1. The molecule has 1 fully saturated rings. The summed E-state index contributed by atoms with van der Waals surface area (Å²) in [5, 5.41) is 3.81. The second-order valence-corrected chi connectivity index (χ2v) is 7.98. The molecule has 0 radical (unpaired) electrons. The van der Waals surface area contributed by atoms with Crippen LogP contribution in [0.1, 0.15) is 22.5 Å². The number of H-pyrrole nitrogens is 1. The number of amides is 1. The third kappa shape index (κ3) is 3.10. The van der Waals surface area contributed by atoms with Crippen molar-refractivity contribution in [2.45, 2.75) is 13.3 Å². The molecule has 1 aliphatic heterocycles. The highest BCUT2D eigenvalue weighted by molar-refractivity contribution is 7.91. The molecule has 1 amide bonds. The minimum absolute atomic E-state index is 0.0329. The predicted molar refractivity (Wildman–Crippen MR) is 82.1 cm³/mol. The average Bonchev–Trinajstić information content (AvgIpc) is 2.98. The van der Waals surface area contributed by atoms with Crippen molar-refractivity contribution in [2.24, 2.45) is 5.92 Å². The van der Waals surface area contributed by atoms with Crippen molar-refractivity contribution < 1.29 is 13.2 Å². The zero-order valence-electron chi connectivity index (χ0n) is 11.8. The van der Waals surface area contributed by atoms with E-state index in [9.17, 15) is 13.2 Å². The van der Waals surface area contributed by atoms with Gasteiger partial charge in [0.1, 0.15) is 5.69 Å². The first-order valence-corrected chi connectivity index (χ1v) is 8.83. The number of aromatic amines is 1. The summed E-state index contributed by atoms with van der Waals surface area (Å²) in [5.74, 6) is 0.261. The summed E-state index contributed by atoms with van der Waals surface area (Å²) >= 11 is 0. The Morgan fingerprint density at radius 2 is 2.19 bits per heavy atom. The summed E-state index contributed by atoms with van der Waals surface area (Å²) in [4.78, 5) is 15.2. The van der Waals surface area contributed by atoms with Crippen molar-refractivity contribution in [3.63, 3.8) is 0 Å². The van der Waals surface area contributed by atoms with Crippen LogP contribution in [0.4, 0.5) is 0 Å². The Balaban J connectivity index is 1.67. The summed E-state index contributed by atoms with van der Waals surface area (Å²) in [6.07, 6.45) is 0.633. The van der Waals surface area contributed by atoms with E-state index in [0.717, 1.165) is 16.5 Å². The molecule has 1 atom stereocenters. The van der Waals surface area contributed by atoms with Crippen LogP contribution in [0.25, 0.3) is 10.9 Å². The van der Waals surface area contributed by atoms with Gasteiger partial charge in [-0.2, -0.15) is 0 Å². The summed E-state index contributed by atoms with van der Waals surface area (Å²) < 4.78 is 22.8. The average molecular weight is 306 g/mol. The van der Waals surface area contributed by atoms with E-state index in [1.54, 1.807) is 0 Å². The molecule has 0 unspecified atom stereocenters. The van der Waals surface area contributed by atoms with Crippen molar-refractivity contribution in [1.82, 2.24) is 10.3 Å². The quantitative estimate of drug-likeness (QED) is 0.905. The third-order valence-corrected chi connectivity index (χ3v) is 5.74. The molecule has 2 aromatic rings. The van der Waals surface area contributed by atoms with Crippen molar-refractivity contribution >= 4 is 26.6 Å². The zero-order valence-corrected chi connectivity index (χ0v) is 12.7. The molecule has 0 bridgehead atoms. The Morgan fingerprint density at radius 3 is 2.90 bits per heavy atom. The number of carbonyl (C=O) groups is 1. The number of hydrogen-bond acceptors (Lipinski definition) is 3. The molecule has 6 heteroatoms. The molecule has 2 N–H and O–H groups in total. The second kappa shape index (κ2) is 5.18. The molecule has 0 saturated carbocycles. The van der Waals surface area contributed by atoms with Gasteiger partial charge in [-0.25, -0.2) is 8.42 Å². The van der Waals surface area contributed by atoms with Gasteiger partial charge in [-0.05, 0) is 37.0 Å². The number of carbonyl (C=O) groups excluding carboxylic acids is 1. The van der Waals surface area contributed by atoms with E-state index in [2.05, 4.69) is 10.3 Å². The van der Waals surface area contributed by atoms with Gasteiger partial charge in [0.05, 0.1) is 11.5 Å². The largest absolute Gasteiger partial charge is 0.351 e. The Labute approximate surface area is 123 Å². The topological polar surface area (TPSA) is 79.0 Å². The van der Waals surface area contributed by atoms with E-state index in [4.69, 9.17) is 0 Å². The van der Waals surface area contributed by atoms with E-state index in [1.165, 1.54) is 0 Å². The first-order chi connectivity index (χ1) is 9.93. The highest BCUT2D eigenvalue weighted by Gasteiger charge is 2.28. The van der Waals surface area contributed by atoms with Crippen LogP contribution in [0, 0.1) is 12.8 Å². The SMILES string of the molecule is Cc1ccc2cc(C(=O)NC[C@@H]3CCS(=O)(=O)C3)[nH]c2c1. The van der Waals surface area contributed by atoms with Crippen LogP contribution in [0.5, 0.6) is 0 Å². The molecule has 1 aromatic heterocycles. The maximum Gasteiger partial charge on any atom is 0.267 e. The molecule has 0 spiro atoms. The normalized spacial score (nSPS) is 20.7. The fourth-order valence-electron chi connectivity index (χ4n) is 2.73. The van der Waals surface area contributed by atoms with E-state index in [-0.39, 0.29) is 23.3 Å². The molecular formula is C15H18N2O3S. The fraction of sp³-hybridized carbons (Fsp3) is 0.400. The lowest BCUT2D eigenvalue weighted by Gasteiger charge is -2.08. The number of sulfone groups is 1. The van der Waals surface area contributed by atoms with Gasteiger partial charge in [-0.15, -0.1) is 0 Å². The molecule has 1 aromatic carbocycles. The molecule has 2 heterocycles. The standard InChI is InChI=1S/C15H18N2O3S/c1-10-2-3-12-7-14(17-13(12)6-10)15(18)16-8-11-4-5-21(19,20)9-11/h2-3,6-7,11,17H,4-5,8-9H2,1H3,(H,16,18)/t11-/m0/s1. The summed E-state index contributed by atoms with van der Waals surface area (Å²) in [6.45, 7) is 2.41. The maximum atomic E-state index is 12.1. The van der Waals surface area contributed by atoms with Gasteiger partial charge in [0.15, 0.2) is 9.84 Å². The number of aryl methyl sites for hydroxylation is 1. The monoisotopic (exact) mass is 306 g/mol. The van der Waals surface area contributed by atoms with Crippen LogP contribution in [0.2, 0.25) is 0 Å². The van der Waals surface area contributed by atoms with Crippen LogP contribution >= 0.6 is 0 Å². The van der Waals surface area contributed by atoms with Gasteiger partial charge >= 0.3 is 0 Å². The first-order valence-electron chi connectivity index (χ1n) is 7.01. The summed E-state index contributed by atoms with van der Waals surface area (Å²) in [5.41, 5.74) is 2.58. The van der Waals surface area contributed by atoms with Gasteiger partial charge in [-0.1, -0.05) is 12.1 Å². The Bertz CT molecular complexity index is 792. The van der Waals surface area contributed by atoms with Crippen LogP contribution in [-0.4, -0.2) is 37.4 Å². The lowest BCUT2D eigenvalue weighted by molar-refractivity contribution is 0.0944. The highest BCUT2D eigenvalue weighted by atomic mass is 32.2. The minimum Gasteiger partial charge on any atom is -0.351 e. The van der Waals surface area contributed by atoms with Gasteiger partial charge < -0.3 is 10.3 Å². The van der Waals surface area contributed by atoms with Crippen molar-refractivity contribution in [1.29, 1.82) is 0 Å². The molecule has 112 valence electrons. The molecule has 5 nitrogen and oxygen atoms in total. The molecule has 3 rings (SSSR count). The van der Waals surface area contributed by atoms with Crippen LogP contribution in [0.15, 0.2) is 24.3 Å². The first kappa shape index (κ1) is 14.1. The Hall–Kier alpha value is -1.82. The summed E-state index contributed by atoms with van der Waals surface area (Å²) in [6, 6.07) is 7.79. The molecule has 21 heavy (non-hydrogen) atoms. The van der Waals surface area contributed by atoms with E-state index in [1.807, 2.05) is 31.2 Å². The van der Waals surface area contributed by atoms with Gasteiger partial charge in [-0.3, -0.25) is 4.79 Å². The van der Waals surface area contributed by atoms with Crippen LogP contribution in [-0.2, 0) is 9.84 Å². The lowest BCUT2D eigenvalue weighted by Crippen LogP contribution is -2.30. The number of benzene rings is 1. The van der Waals surface area contributed by atoms with Gasteiger partial charge in [0.25, 0.3) is 5.91 Å². The number of aromatic nitrogens is 1. The van der Waals surface area contributed by atoms with Gasteiger partial charge in [0.2, 0.25) is 0 Å². The van der Waals surface area contributed by atoms with E-state index in [0.29, 0.717) is 18.7 Å². The lowest BCUT2D eigenvalue weighted by atomic mass is 10.1. The van der Waals surface area contributed by atoms with Crippen molar-refractivity contribution in [2.75, 3.05) is 18.1 Å². The Morgan fingerprint density at radius 1 is 1.38 bits per heavy atom. The Kier molecular flexibility index (Phi) is 3.49. The fourth-order valence-corrected chi connectivity index (χ4v) is 4.59. The van der Waals surface area contributed by atoms with Gasteiger partial charge in [0, 0.05) is 17.4 Å². The van der Waals surface area contributed by atoms with E-state index >= 15 is 0 Å². The highest BCUT2D eigenvalue weighted by Crippen LogP contribution is 2.19. The predicted octanol–water partition coefficient (Wildman–Crippen LogP) is 1.64. The molecule has 1 saturated heterocycles.